The Morgan fingerprint density at radius 3 is 2.81 bits per heavy atom. The van der Waals surface area contributed by atoms with E-state index in [9.17, 15) is 4.79 Å². The third kappa shape index (κ3) is 4.05. The molecule has 138 valence electrons. The number of aryl methyl sites for hydroxylation is 1. The van der Waals surface area contributed by atoms with Gasteiger partial charge in [0.05, 0.1) is 16.7 Å². The van der Waals surface area contributed by atoms with Gasteiger partial charge in [-0.3, -0.25) is 4.90 Å². The Hall–Kier alpha value is -1.57. The standard InChI is InChI=1S/C18H18BrClN2O3S/c1-10-14(19)15-16(24-10)12(8-13(20)21-15)22(9-11-6-5-7-26-11)17(23)25-18(2,3)4/h5-8H,9H2,1-4H3. The molecular formula is C18H18BrClN2O3S. The van der Waals surface area contributed by atoms with Crippen molar-refractivity contribution in [3.8, 4) is 0 Å². The number of furan rings is 1. The zero-order valence-corrected chi connectivity index (χ0v) is 18.0. The minimum absolute atomic E-state index is 0.272. The average molecular weight is 458 g/mol. The summed E-state index contributed by atoms with van der Waals surface area (Å²) in [6.07, 6.45) is -0.473. The van der Waals surface area contributed by atoms with Crippen LogP contribution in [-0.4, -0.2) is 16.7 Å². The lowest BCUT2D eigenvalue weighted by atomic mass is 10.2. The number of fused-ring (bicyclic) bond motifs is 1. The van der Waals surface area contributed by atoms with Crippen molar-refractivity contribution < 1.29 is 13.9 Å². The third-order valence-electron chi connectivity index (χ3n) is 3.49. The summed E-state index contributed by atoms with van der Waals surface area (Å²) in [5, 5.41) is 2.24. The molecule has 3 aromatic rings. The van der Waals surface area contributed by atoms with Gasteiger partial charge in [0.15, 0.2) is 5.58 Å². The number of anilines is 1. The molecule has 5 nitrogen and oxygen atoms in total. The molecule has 3 heterocycles. The quantitative estimate of drug-likeness (QED) is 0.418. The van der Waals surface area contributed by atoms with Gasteiger partial charge in [0.25, 0.3) is 0 Å². The van der Waals surface area contributed by atoms with Crippen molar-refractivity contribution in [2.45, 2.75) is 39.8 Å². The van der Waals surface area contributed by atoms with Gasteiger partial charge in [-0.25, -0.2) is 9.78 Å². The van der Waals surface area contributed by atoms with Gasteiger partial charge in [0, 0.05) is 10.9 Å². The number of carbonyl (C=O) groups is 1. The van der Waals surface area contributed by atoms with Gasteiger partial charge in [-0.2, -0.15) is 0 Å². The topological polar surface area (TPSA) is 55.6 Å². The summed E-state index contributed by atoms with van der Waals surface area (Å²) in [7, 11) is 0. The van der Waals surface area contributed by atoms with Gasteiger partial charge in [-0.15, -0.1) is 11.3 Å². The van der Waals surface area contributed by atoms with E-state index in [1.165, 1.54) is 4.90 Å². The van der Waals surface area contributed by atoms with Crippen molar-refractivity contribution in [3.63, 3.8) is 0 Å². The van der Waals surface area contributed by atoms with E-state index in [1.807, 2.05) is 45.2 Å². The summed E-state index contributed by atoms with van der Waals surface area (Å²) >= 11 is 11.2. The number of ether oxygens (including phenoxy) is 1. The third-order valence-corrected chi connectivity index (χ3v) is 5.48. The van der Waals surface area contributed by atoms with Crippen molar-refractivity contribution in [3.05, 3.63) is 43.8 Å². The molecular weight excluding hydrogens is 440 g/mol. The van der Waals surface area contributed by atoms with E-state index in [0.29, 0.717) is 29.1 Å². The molecule has 0 aliphatic heterocycles. The fourth-order valence-electron chi connectivity index (χ4n) is 2.43. The van der Waals surface area contributed by atoms with Crippen LogP contribution in [0, 0.1) is 6.92 Å². The second-order valence-corrected chi connectivity index (χ2v) is 8.97. The van der Waals surface area contributed by atoms with Crippen molar-refractivity contribution >= 4 is 61.7 Å². The van der Waals surface area contributed by atoms with Crippen LogP contribution in [0.5, 0.6) is 0 Å². The highest BCUT2D eigenvalue weighted by atomic mass is 79.9. The van der Waals surface area contributed by atoms with Crippen LogP contribution in [0.4, 0.5) is 10.5 Å². The Balaban J connectivity index is 2.13. The Bertz CT molecular complexity index is 948. The molecule has 0 atom stereocenters. The van der Waals surface area contributed by atoms with Crippen molar-refractivity contribution in [1.29, 1.82) is 0 Å². The summed E-state index contributed by atoms with van der Waals surface area (Å²) in [4.78, 5) is 19.8. The van der Waals surface area contributed by atoms with Gasteiger partial charge in [0.2, 0.25) is 0 Å². The molecule has 0 spiro atoms. The molecule has 26 heavy (non-hydrogen) atoms. The summed E-state index contributed by atoms with van der Waals surface area (Å²) in [5.41, 5.74) is 0.961. The number of aromatic nitrogens is 1. The molecule has 0 unspecified atom stereocenters. The van der Waals surface area contributed by atoms with E-state index in [-0.39, 0.29) is 5.15 Å². The lowest BCUT2D eigenvalue weighted by molar-refractivity contribution is 0.0578. The highest BCUT2D eigenvalue weighted by molar-refractivity contribution is 9.10. The summed E-state index contributed by atoms with van der Waals surface area (Å²) in [6, 6.07) is 5.53. The van der Waals surface area contributed by atoms with Gasteiger partial charge in [-0.05, 0) is 55.1 Å². The van der Waals surface area contributed by atoms with Crippen molar-refractivity contribution in [2.75, 3.05) is 4.90 Å². The van der Waals surface area contributed by atoms with Gasteiger partial charge < -0.3 is 9.15 Å². The second kappa shape index (κ2) is 7.21. The Morgan fingerprint density at radius 2 is 2.19 bits per heavy atom. The van der Waals surface area contributed by atoms with Crippen LogP contribution in [0.1, 0.15) is 31.4 Å². The number of hydrogen-bond donors (Lipinski definition) is 0. The first-order chi connectivity index (χ1) is 12.2. The molecule has 3 rings (SSSR count). The van der Waals surface area contributed by atoms with Crippen molar-refractivity contribution in [2.24, 2.45) is 0 Å². The van der Waals surface area contributed by atoms with Crippen LogP contribution in [0.3, 0.4) is 0 Å². The van der Waals surface area contributed by atoms with Crippen LogP contribution in [0.25, 0.3) is 11.1 Å². The normalized spacial score (nSPS) is 11.8. The predicted octanol–water partition coefficient (Wildman–Crippen LogP) is 6.56. The van der Waals surface area contributed by atoms with Crippen LogP contribution in [0.15, 0.2) is 32.5 Å². The molecule has 1 amide bonds. The molecule has 0 saturated heterocycles. The fraction of sp³-hybridized carbons (Fsp3) is 0.333. The van der Waals surface area contributed by atoms with E-state index in [0.717, 1.165) is 9.35 Å². The number of hydrogen-bond acceptors (Lipinski definition) is 5. The molecule has 0 radical (unpaired) electrons. The lowest BCUT2D eigenvalue weighted by Gasteiger charge is -2.27. The number of thiophene rings is 1. The summed E-state index contributed by atoms with van der Waals surface area (Å²) < 4.78 is 12.2. The largest absolute Gasteiger partial charge is 0.456 e. The van der Waals surface area contributed by atoms with E-state index in [1.54, 1.807) is 17.4 Å². The highest BCUT2D eigenvalue weighted by Gasteiger charge is 2.28. The molecule has 0 fully saturated rings. The number of nitrogens with zero attached hydrogens (tertiary/aromatic N) is 2. The predicted molar refractivity (Wildman–Crippen MR) is 108 cm³/mol. The number of rotatable bonds is 3. The Morgan fingerprint density at radius 1 is 1.46 bits per heavy atom. The summed E-state index contributed by atoms with van der Waals surface area (Å²) in [5.74, 6) is 0.663. The smallest absolute Gasteiger partial charge is 0.415 e. The maximum atomic E-state index is 12.9. The second-order valence-electron chi connectivity index (χ2n) is 6.76. The molecule has 0 aliphatic rings. The highest BCUT2D eigenvalue weighted by Crippen LogP contribution is 2.38. The summed E-state index contributed by atoms with van der Waals surface area (Å²) in [6.45, 7) is 7.66. The molecule has 0 aliphatic carbocycles. The molecule has 8 heteroatoms. The lowest BCUT2D eigenvalue weighted by Crippen LogP contribution is -2.36. The van der Waals surface area contributed by atoms with Crippen LogP contribution in [-0.2, 0) is 11.3 Å². The fourth-order valence-corrected chi connectivity index (χ4v) is 3.66. The first-order valence-electron chi connectivity index (χ1n) is 7.94. The van der Waals surface area contributed by atoms with Crippen molar-refractivity contribution in [1.82, 2.24) is 4.98 Å². The zero-order valence-electron chi connectivity index (χ0n) is 14.8. The van der Waals surface area contributed by atoms with Crippen LogP contribution in [0.2, 0.25) is 5.15 Å². The number of carbonyl (C=O) groups excluding carboxylic acids is 1. The minimum atomic E-state index is -0.625. The Labute approximate surface area is 169 Å². The number of pyridine rings is 1. The molecule has 0 aromatic carbocycles. The monoisotopic (exact) mass is 456 g/mol. The molecule has 0 N–H and O–H groups in total. The maximum Gasteiger partial charge on any atom is 0.415 e. The minimum Gasteiger partial charge on any atom is -0.456 e. The van der Waals surface area contributed by atoms with Crippen LogP contribution >= 0.6 is 38.9 Å². The maximum absolute atomic E-state index is 12.9. The van der Waals surface area contributed by atoms with Gasteiger partial charge >= 0.3 is 6.09 Å². The number of amides is 1. The Kier molecular flexibility index (Phi) is 5.33. The van der Waals surface area contributed by atoms with E-state index in [2.05, 4.69) is 20.9 Å². The molecule has 0 saturated carbocycles. The first kappa shape index (κ1) is 19.2. The van der Waals surface area contributed by atoms with E-state index < -0.39 is 11.7 Å². The SMILES string of the molecule is Cc1oc2c(N(Cc3cccs3)C(=O)OC(C)(C)C)cc(Cl)nc2c1Br. The van der Waals surface area contributed by atoms with E-state index >= 15 is 0 Å². The van der Waals surface area contributed by atoms with E-state index in [4.69, 9.17) is 20.8 Å². The first-order valence-corrected chi connectivity index (χ1v) is 9.99. The molecule has 0 bridgehead atoms. The van der Waals surface area contributed by atoms with Crippen LogP contribution < -0.4 is 4.90 Å². The van der Waals surface area contributed by atoms with Gasteiger partial charge in [-0.1, -0.05) is 17.7 Å². The zero-order chi connectivity index (χ0) is 19.1. The average Bonchev–Trinajstić information content (AvgIpc) is 3.13. The molecule has 3 aromatic heterocycles. The number of halogens is 2. The van der Waals surface area contributed by atoms with Gasteiger partial charge in [0.1, 0.15) is 22.0 Å².